The van der Waals surface area contributed by atoms with Crippen LogP contribution in [0.15, 0.2) is 64.1 Å². The third-order valence-electron chi connectivity index (χ3n) is 6.05. The van der Waals surface area contributed by atoms with E-state index in [0.717, 1.165) is 0 Å². The number of benzene rings is 2. The van der Waals surface area contributed by atoms with Gasteiger partial charge in [0.2, 0.25) is 5.88 Å². The minimum atomic E-state index is -0.775. The Balaban J connectivity index is 1.73. The number of hydrogen-bond donors (Lipinski definition) is 0. The normalized spacial score (nSPS) is 15.0. The van der Waals surface area contributed by atoms with E-state index in [-0.39, 0.29) is 22.5 Å². The third kappa shape index (κ3) is 3.17. The second kappa shape index (κ2) is 7.20. The Kier molecular flexibility index (Phi) is 4.31. The second-order valence-corrected chi connectivity index (χ2v) is 9.43. The summed E-state index contributed by atoms with van der Waals surface area (Å²) < 4.78 is 13.4. The molecule has 2 aromatic carbocycles. The van der Waals surface area contributed by atoms with E-state index in [1.54, 1.807) is 34.8 Å². The SMILES string of the molecule is CC(C)(C)c1nc2c3c(ncn2n1)Oc1c(c(=O)oc2ccccc12)C3c1cccc([N+](=O)[O-])c1. The number of rotatable bonds is 2. The van der Waals surface area contributed by atoms with Crippen LogP contribution in [0.4, 0.5) is 5.69 Å². The van der Waals surface area contributed by atoms with Crippen LogP contribution in [0, 0.1) is 10.1 Å². The third-order valence-corrected chi connectivity index (χ3v) is 6.05. The van der Waals surface area contributed by atoms with Gasteiger partial charge in [-0.3, -0.25) is 10.1 Å². The first-order chi connectivity index (χ1) is 16.7. The van der Waals surface area contributed by atoms with Crippen LogP contribution in [0.2, 0.25) is 0 Å². The van der Waals surface area contributed by atoms with Crippen molar-refractivity contribution in [3.8, 4) is 11.6 Å². The molecule has 1 aliphatic heterocycles. The van der Waals surface area contributed by atoms with Gasteiger partial charge in [0.15, 0.2) is 17.2 Å². The zero-order chi connectivity index (χ0) is 24.5. The van der Waals surface area contributed by atoms with Gasteiger partial charge in [-0.05, 0) is 17.7 Å². The fourth-order valence-electron chi connectivity index (χ4n) is 4.40. The van der Waals surface area contributed by atoms with Crippen molar-refractivity contribution in [3.05, 3.63) is 97.9 Å². The van der Waals surface area contributed by atoms with Crippen molar-refractivity contribution >= 4 is 22.3 Å². The molecule has 6 rings (SSSR count). The molecule has 1 unspecified atom stereocenters. The van der Waals surface area contributed by atoms with Gasteiger partial charge in [-0.25, -0.2) is 19.3 Å². The molecule has 10 nitrogen and oxygen atoms in total. The molecular weight excluding hydrogens is 450 g/mol. The number of hydrogen-bond acceptors (Lipinski definition) is 8. The molecule has 10 heteroatoms. The largest absolute Gasteiger partial charge is 0.437 e. The molecule has 3 aromatic heterocycles. The maximum absolute atomic E-state index is 13.3. The van der Waals surface area contributed by atoms with Crippen LogP contribution < -0.4 is 10.4 Å². The highest BCUT2D eigenvalue weighted by Crippen LogP contribution is 2.49. The molecule has 0 saturated carbocycles. The van der Waals surface area contributed by atoms with Crippen LogP contribution in [-0.2, 0) is 5.41 Å². The van der Waals surface area contributed by atoms with Crippen molar-refractivity contribution in [2.24, 2.45) is 0 Å². The molecule has 0 bridgehead atoms. The maximum atomic E-state index is 13.3. The smallest absolute Gasteiger partial charge is 0.344 e. The van der Waals surface area contributed by atoms with Crippen LogP contribution in [0.3, 0.4) is 0 Å². The number of fused-ring (bicyclic) bond motifs is 6. The Morgan fingerprint density at radius 1 is 1.09 bits per heavy atom. The van der Waals surface area contributed by atoms with E-state index in [0.29, 0.717) is 39.3 Å². The van der Waals surface area contributed by atoms with Gasteiger partial charge in [-0.1, -0.05) is 45.0 Å². The van der Waals surface area contributed by atoms with Crippen LogP contribution in [-0.4, -0.2) is 24.5 Å². The van der Waals surface area contributed by atoms with Gasteiger partial charge in [0.1, 0.15) is 11.9 Å². The van der Waals surface area contributed by atoms with Crippen LogP contribution in [0.25, 0.3) is 16.6 Å². The Bertz CT molecular complexity index is 1730. The highest BCUT2D eigenvalue weighted by atomic mass is 16.6. The molecule has 0 N–H and O–H groups in total. The Labute approximate surface area is 198 Å². The van der Waals surface area contributed by atoms with Crippen LogP contribution >= 0.6 is 0 Å². The highest BCUT2D eigenvalue weighted by Gasteiger charge is 2.38. The minimum Gasteiger partial charge on any atom is -0.437 e. The Morgan fingerprint density at radius 3 is 2.66 bits per heavy atom. The summed E-state index contributed by atoms with van der Waals surface area (Å²) in [6.45, 7) is 5.98. The van der Waals surface area contributed by atoms with E-state index in [9.17, 15) is 14.9 Å². The molecule has 0 aliphatic carbocycles. The first-order valence-electron chi connectivity index (χ1n) is 11.0. The van der Waals surface area contributed by atoms with E-state index < -0.39 is 16.5 Å². The lowest BCUT2D eigenvalue weighted by atomic mass is 9.84. The fraction of sp³-hybridized carbons (Fsp3) is 0.200. The predicted molar refractivity (Wildman–Crippen MR) is 126 cm³/mol. The molecule has 174 valence electrons. The molecule has 0 fully saturated rings. The molecule has 5 aromatic rings. The summed E-state index contributed by atoms with van der Waals surface area (Å²) in [7, 11) is 0. The second-order valence-electron chi connectivity index (χ2n) is 9.43. The summed E-state index contributed by atoms with van der Waals surface area (Å²) in [5.41, 5.74) is 1.02. The van der Waals surface area contributed by atoms with E-state index in [4.69, 9.17) is 14.1 Å². The molecule has 0 amide bonds. The molecule has 0 spiro atoms. The average molecular weight is 469 g/mol. The van der Waals surface area contributed by atoms with Gasteiger partial charge < -0.3 is 9.15 Å². The molecule has 1 aliphatic rings. The standard InChI is InChI=1S/C25H19N5O5/c1-25(2,3)24-27-21-19-17(13-7-6-8-14(11-13)30(32)33)18-20(35-22(19)26-12-29(21)28-24)15-9-4-5-10-16(15)34-23(18)31/h4-12,17H,1-3H3. The fourth-order valence-corrected chi connectivity index (χ4v) is 4.40. The summed E-state index contributed by atoms with van der Waals surface area (Å²) in [6.07, 6.45) is 1.51. The zero-order valence-corrected chi connectivity index (χ0v) is 19.1. The lowest BCUT2D eigenvalue weighted by molar-refractivity contribution is -0.384. The van der Waals surface area contributed by atoms with E-state index in [2.05, 4.69) is 10.1 Å². The van der Waals surface area contributed by atoms with E-state index >= 15 is 0 Å². The zero-order valence-electron chi connectivity index (χ0n) is 19.1. The molecular formula is C25H19N5O5. The lowest BCUT2D eigenvalue weighted by Gasteiger charge is -2.27. The van der Waals surface area contributed by atoms with E-state index in [1.165, 1.54) is 18.5 Å². The number of aromatic nitrogens is 4. The van der Waals surface area contributed by atoms with Crippen molar-refractivity contribution in [2.45, 2.75) is 32.1 Å². The monoisotopic (exact) mass is 469 g/mol. The Hall–Kier alpha value is -4.60. The molecule has 35 heavy (non-hydrogen) atoms. The number of nitro groups is 1. The van der Waals surface area contributed by atoms with Gasteiger partial charge in [0.25, 0.3) is 5.69 Å². The van der Waals surface area contributed by atoms with Crippen molar-refractivity contribution in [1.29, 1.82) is 0 Å². The van der Waals surface area contributed by atoms with Gasteiger partial charge in [0.05, 0.1) is 27.4 Å². The number of para-hydroxylation sites is 1. The summed E-state index contributed by atoms with van der Waals surface area (Å²) in [5.74, 6) is 0.378. The van der Waals surface area contributed by atoms with Crippen molar-refractivity contribution in [1.82, 2.24) is 19.6 Å². The number of nitrogens with zero attached hydrogens (tertiary/aromatic N) is 5. The summed E-state index contributed by atoms with van der Waals surface area (Å²) in [6, 6.07) is 13.2. The predicted octanol–water partition coefficient (Wildman–Crippen LogP) is 4.72. The van der Waals surface area contributed by atoms with Gasteiger partial charge in [0, 0.05) is 17.5 Å². The first-order valence-corrected chi connectivity index (χ1v) is 11.0. The van der Waals surface area contributed by atoms with Crippen LogP contribution in [0.1, 0.15) is 49.2 Å². The summed E-state index contributed by atoms with van der Waals surface area (Å²) in [5, 5.41) is 16.7. The number of nitro benzene ring substituents is 1. The number of ether oxygens (including phenoxy) is 1. The maximum Gasteiger partial charge on any atom is 0.344 e. The van der Waals surface area contributed by atoms with Gasteiger partial charge in [-0.15, -0.1) is 5.10 Å². The van der Waals surface area contributed by atoms with Crippen molar-refractivity contribution in [2.75, 3.05) is 0 Å². The molecule has 4 heterocycles. The molecule has 0 radical (unpaired) electrons. The topological polar surface area (TPSA) is 126 Å². The average Bonchev–Trinajstić information content (AvgIpc) is 3.28. The molecule has 0 saturated heterocycles. The van der Waals surface area contributed by atoms with Gasteiger partial charge >= 0.3 is 5.63 Å². The van der Waals surface area contributed by atoms with Crippen molar-refractivity contribution in [3.63, 3.8) is 0 Å². The van der Waals surface area contributed by atoms with Gasteiger partial charge in [-0.2, -0.15) is 0 Å². The quantitative estimate of drug-likeness (QED) is 0.203. The minimum absolute atomic E-state index is 0.0981. The first kappa shape index (κ1) is 21.0. The van der Waals surface area contributed by atoms with Crippen molar-refractivity contribution < 1.29 is 14.1 Å². The van der Waals surface area contributed by atoms with E-state index in [1.807, 2.05) is 26.8 Å². The van der Waals surface area contributed by atoms with Crippen LogP contribution in [0.5, 0.6) is 11.6 Å². The summed E-state index contributed by atoms with van der Waals surface area (Å²) >= 11 is 0. The summed E-state index contributed by atoms with van der Waals surface area (Å²) in [4.78, 5) is 33.7. The Morgan fingerprint density at radius 2 is 1.89 bits per heavy atom. The number of non-ortho nitro benzene ring substituents is 1. The lowest BCUT2D eigenvalue weighted by Crippen LogP contribution is -2.22. The molecule has 1 atom stereocenters. The highest BCUT2D eigenvalue weighted by molar-refractivity contribution is 5.86.